The number of rotatable bonds is 5. The number of amidine groups is 1. The van der Waals surface area contributed by atoms with E-state index in [-0.39, 0.29) is 29.8 Å². The summed E-state index contributed by atoms with van der Waals surface area (Å²) < 4.78 is 5.34. The summed E-state index contributed by atoms with van der Waals surface area (Å²) in [4.78, 5) is 10.4. The third-order valence-electron chi connectivity index (χ3n) is 2.40. The molecule has 0 saturated heterocycles. The Kier molecular flexibility index (Phi) is 4.03. The van der Waals surface area contributed by atoms with E-state index in [2.05, 4.69) is 0 Å². The summed E-state index contributed by atoms with van der Waals surface area (Å²) in [5.74, 6) is -0.0569. The van der Waals surface area contributed by atoms with Crippen LogP contribution in [0.25, 0.3) is 0 Å². The van der Waals surface area contributed by atoms with Crippen LogP contribution in [-0.2, 0) is 0 Å². The molecule has 1 aromatic rings. The van der Waals surface area contributed by atoms with Crippen LogP contribution in [0.15, 0.2) is 18.2 Å². The molecule has 6 nitrogen and oxygen atoms in total. The van der Waals surface area contributed by atoms with Crippen molar-refractivity contribution in [2.24, 2.45) is 11.7 Å². The number of hydrogen-bond donors (Lipinski definition) is 2. The first-order valence-electron chi connectivity index (χ1n) is 5.14. The minimum Gasteiger partial charge on any atom is -0.486 e. The molecule has 0 fully saturated rings. The fraction of sp³-hybridized carbons (Fsp3) is 0.364. The highest BCUT2D eigenvalue weighted by molar-refractivity contribution is 5.79. The molecular formula is C11H15N3O3. The second kappa shape index (κ2) is 5.29. The van der Waals surface area contributed by atoms with E-state index in [0.29, 0.717) is 5.56 Å². The average Bonchev–Trinajstić information content (AvgIpc) is 2.24. The largest absolute Gasteiger partial charge is 0.486 e. The molecule has 0 aliphatic rings. The molecule has 1 rings (SSSR count). The number of nitrogens with one attached hydrogen (secondary N) is 1. The molecule has 3 N–H and O–H groups in total. The number of nitrogens with two attached hydrogens (primary N) is 1. The predicted octanol–water partition coefficient (Wildman–Crippen LogP) is 1.85. The van der Waals surface area contributed by atoms with Gasteiger partial charge in [0.15, 0.2) is 5.75 Å². The summed E-state index contributed by atoms with van der Waals surface area (Å²) >= 11 is 0. The van der Waals surface area contributed by atoms with Gasteiger partial charge in [-0.3, -0.25) is 15.5 Å². The van der Waals surface area contributed by atoms with Crippen LogP contribution in [0.3, 0.4) is 0 Å². The number of para-hydroxylation sites is 1. The van der Waals surface area contributed by atoms with Crippen LogP contribution in [0.2, 0.25) is 0 Å². The molecule has 0 aliphatic carbocycles. The van der Waals surface area contributed by atoms with E-state index in [0.717, 1.165) is 0 Å². The second-order valence-electron chi connectivity index (χ2n) is 3.85. The smallest absolute Gasteiger partial charge is 0.313 e. The van der Waals surface area contributed by atoms with Gasteiger partial charge in [-0.25, -0.2) is 0 Å². The van der Waals surface area contributed by atoms with Gasteiger partial charge in [0.05, 0.1) is 17.4 Å². The van der Waals surface area contributed by atoms with Gasteiger partial charge in [-0.1, -0.05) is 19.1 Å². The van der Waals surface area contributed by atoms with Crippen molar-refractivity contribution in [3.8, 4) is 5.75 Å². The van der Waals surface area contributed by atoms with Gasteiger partial charge in [-0.15, -0.1) is 0 Å². The molecule has 1 atom stereocenters. The second-order valence-corrected chi connectivity index (χ2v) is 3.85. The van der Waals surface area contributed by atoms with Gasteiger partial charge >= 0.3 is 5.69 Å². The predicted molar refractivity (Wildman–Crippen MR) is 64.4 cm³/mol. The van der Waals surface area contributed by atoms with Crippen LogP contribution in [0.5, 0.6) is 5.75 Å². The number of nitrogens with zero attached hydrogens (tertiary/aromatic N) is 1. The highest BCUT2D eigenvalue weighted by Crippen LogP contribution is 2.30. The topological polar surface area (TPSA) is 102 Å². The van der Waals surface area contributed by atoms with Crippen LogP contribution in [0, 0.1) is 28.4 Å². The SMILES string of the molecule is Cc1cccc(OCC(C)C(=N)N)c1[N+](=O)[O-]. The standard InChI is InChI=1S/C11H15N3O3/c1-7-4-3-5-9(10(7)14(15)16)17-6-8(2)11(12)13/h3-5,8H,6H2,1-2H3,(H3,12,13). The van der Waals surface area contributed by atoms with Crippen LogP contribution in [-0.4, -0.2) is 17.4 Å². The third-order valence-corrected chi connectivity index (χ3v) is 2.40. The first-order chi connectivity index (χ1) is 7.93. The van der Waals surface area contributed by atoms with E-state index in [4.69, 9.17) is 15.9 Å². The van der Waals surface area contributed by atoms with Crippen LogP contribution in [0.1, 0.15) is 12.5 Å². The fourth-order valence-corrected chi connectivity index (χ4v) is 1.29. The highest BCUT2D eigenvalue weighted by atomic mass is 16.6. The average molecular weight is 237 g/mol. The van der Waals surface area contributed by atoms with Crippen molar-refractivity contribution in [1.29, 1.82) is 5.41 Å². The van der Waals surface area contributed by atoms with Crippen molar-refractivity contribution in [3.05, 3.63) is 33.9 Å². The van der Waals surface area contributed by atoms with Gasteiger partial charge in [0, 0.05) is 11.5 Å². The van der Waals surface area contributed by atoms with Crippen molar-refractivity contribution in [1.82, 2.24) is 0 Å². The number of nitro groups is 1. The molecule has 92 valence electrons. The van der Waals surface area contributed by atoms with Crippen molar-refractivity contribution in [3.63, 3.8) is 0 Å². The zero-order valence-corrected chi connectivity index (χ0v) is 9.77. The molecule has 0 spiro atoms. The van der Waals surface area contributed by atoms with Gasteiger partial charge in [-0.05, 0) is 13.0 Å². The first kappa shape index (κ1) is 13.0. The lowest BCUT2D eigenvalue weighted by Crippen LogP contribution is -2.25. The minimum atomic E-state index is -0.469. The summed E-state index contributed by atoms with van der Waals surface area (Å²) in [5.41, 5.74) is 5.80. The molecule has 0 aliphatic heterocycles. The number of hydrogen-bond acceptors (Lipinski definition) is 4. The van der Waals surface area contributed by atoms with Crippen molar-refractivity contribution in [2.75, 3.05) is 6.61 Å². The van der Waals surface area contributed by atoms with Gasteiger partial charge < -0.3 is 10.5 Å². The van der Waals surface area contributed by atoms with Gasteiger partial charge in [0.1, 0.15) is 0 Å². The summed E-state index contributed by atoms with van der Waals surface area (Å²) in [6.45, 7) is 3.53. The van der Waals surface area contributed by atoms with Crippen LogP contribution < -0.4 is 10.5 Å². The number of benzene rings is 1. The first-order valence-corrected chi connectivity index (χ1v) is 5.14. The van der Waals surface area contributed by atoms with E-state index in [1.54, 1.807) is 26.0 Å². The lowest BCUT2D eigenvalue weighted by atomic mass is 10.1. The van der Waals surface area contributed by atoms with E-state index in [1.807, 2.05) is 0 Å². The normalized spacial score (nSPS) is 11.9. The Bertz CT molecular complexity index is 446. The van der Waals surface area contributed by atoms with Crippen LogP contribution >= 0.6 is 0 Å². The molecular weight excluding hydrogens is 222 g/mol. The Morgan fingerprint density at radius 1 is 1.65 bits per heavy atom. The van der Waals surface area contributed by atoms with E-state index in [9.17, 15) is 10.1 Å². The maximum absolute atomic E-state index is 10.9. The van der Waals surface area contributed by atoms with E-state index in [1.165, 1.54) is 6.07 Å². The minimum absolute atomic E-state index is 0.000283. The molecule has 0 radical (unpaired) electrons. The quantitative estimate of drug-likeness (QED) is 0.353. The van der Waals surface area contributed by atoms with Crippen molar-refractivity contribution < 1.29 is 9.66 Å². The number of aryl methyl sites for hydroxylation is 1. The molecule has 0 aromatic heterocycles. The maximum Gasteiger partial charge on any atom is 0.313 e. The van der Waals surface area contributed by atoms with Crippen molar-refractivity contribution in [2.45, 2.75) is 13.8 Å². The van der Waals surface area contributed by atoms with E-state index >= 15 is 0 Å². The van der Waals surface area contributed by atoms with Gasteiger partial charge in [0.25, 0.3) is 0 Å². The molecule has 6 heteroatoms. The lowest BCUT2D eigenvalue weighted by molar-refractivity contribution is -0.386. The molecule has 0 heterocycles. The Balaban J connectivity index is 2.88. The Labute approximate surface area is 99.0 Å². The highest BCUT2D eigenvalue weighted by Gasteiger charge is 2.19. The zero-order valence-electron chi connectivity index (χ0n) is 9.77. The van der Waals surface area contributed by atoms with Gasteiger partial charge in [-0.2, -0.15) is 0 Å². The summed E-state index contributed by atoms with van der Waals surface area (Å²) in [5, 5.41) is 18.1. The lowest BCUT2D eigenvalue weighted by Gasteiger charge is -2.12. The van der Waals surface area contributed by atoms with Crippen LogP contribution in [0.4, 0.5) is 5.69 Å². The summed E-state index contributed by atoms with van der Waals surface area (Å²) in [6, 6.07) is 4.88. The monoisotopic (exact) mass is 237 g/mol. The summed E-state index contributed by atoms with van der Waals surface area (Å²) in [6.07, 6.45) is 0. The van der Waals surface area contributed by atoms with Crippen molar-refractivity contribution >= 4 is 11.5 Å². The molecule has 0 saturated carbocycles. The molecule has 1 aromatic carbocycles. The third kappa shape index (κ3) is 3.17. The zero-order chi connectivity index (χ0) is 13.0. The molecule has 0 bridgehead atoms. The van der Waals surface area contributed by atoms with E-state index < -0.39 is 4.92 Å². The fourth-order valence-electron chi connectivity index (χ4n) is 1.29. The van der Waals surface area contributed by atoms with Gasteiger partial charge in [0.2, 0.25) is 0 Å². The Morgan fingerprint density at radius 2 is 2.29 bits per heavy atom. The Morgan fingerprint density at radius 3 is 2.82 bits per heavy atom. The Hall–Kier alpha value is -2.11. The molecule has 1 unspecified atom stereocenters. The molecule has 17 heavy (non-hydrogen) atoms. The number of ether oxygens (including phenoxy) is 1. The summed E-state index contributed by atoms with van der Waals surface area (Å²) in [7, 11) is 0. The molecule has 0 amide bonds. The maximum atomic E-state index is 10.9. The number of nitro benzene ring substituents is 1.